The number of ether oxygens (including phenoxy) is 1. The Labute approximate surface area is 123 Å². The monoisotopic (exact) mass is 285 g/mol. The first-order valence-electron chi connectivity index (χ1n) is 7.75. The minimum Gasteiger partial charge on any atom is -0.396 e. The molecule has 5 nitrogen and oxygen atoms in total. The van der Waals surface area contributed by atoms with E-state index in [2.05, 4.69) is 29.5 Å². The van der Waals surface area contributed by atoms with E-state index >= 15 is 0 Å². The van der Waals surface area contributed by atoms with Crippen LogP contribution in [0.1, 0.15) is 39.5 Å². The van der Waals surface area contributed by atoms with Gasteiger partial charge in [-0.25, -0.2) is 0 Å². The molecular formula is C15H31N3O2. The van der Waals surface area contributed by atoms with Gasteiger partial charge in [-0.1, -0.05) is 13.8 Å². The highest BCUT2D eigenvalue weighted by atomic mass is 16.5. The number of aliphatic hydroxyl groups excluding tert-OH is 1. The summed E-state index contributed by atoms with van der Waals surface area (Å²) in [6.07, 6.45) is 4.17. The molecule has 20 heavy (non-hydrogen) atoms. The van der Waals surface area contributed by atoms with Crippen LogP contribution in [0.2, 0.25) is 0 Å². The Morgan fingerprint density at radius 2 is 2.20 bits per heavy atom. The zero-order valence-corrected chi connectivity index (χ0v) is 13.2. The van der Waals surface area contributed by atoms with Gasteiger partial charge in [0.05, 0.1) is 6.61 Å². The lowest BCUT2D eigenvalue weighted by molar-refractivity contribution is 0.127. The molecule has 1 saturated heterocycles. The largest absolute Gasteiger partial charge is 0.396 e. The molecule has 5 heteroatoms. The highest BCUT2D eigenvalue weighted by molar-refractivity contribution is 5.79. The quantitative estimate of drug-likeness (QED) is 0.358. The maximum atomic E-state index is 9.21. The first-order chi connectivity index (χ1) is 9.62. The van der Waals surface area contributed by atoms with Gasteiger partial charge in [-0.3, -0.25) is 4.99 Å². The summed E-state index contributed by atoms with van der Waals surface area (Å²) >= 11 is 0. The van der Waals surface area contributed by atoms with Gasteiger partial charge in [0, 0.05) is 38.8 Å². The molecular weight excluding hydrogens is 254 g/mol. The summed E-state index contributed by atoms with van der Waals surface area (Å²) in [5.41, 5.74) is 0.0598. The van der Waals surface area contributed by atoms with Gasteiger partial charge in [-0.15, -0.1) is 0 Å². The highest BCUT2D eigenvalue weighted by Crippen LogP contribution is 2.31. The Hall–Kier alpha value is -0.810. The predicted molar refractivity (Wildman–Crippen MR) is 83.0 cm³/mol. The van der Waals surface area contributed by atoms with Crippen LogP contribution in [0.4, 0.5) is 0 Å². The highest BCUT2D eigenvalue weighted by Gasteiger charge is 2.34. The fourth-order valence-electron chi connectivity index (χ4n) is 2.52. The molecule has 0 saturated carbocycles. The van der Waals surface area contributed by atoms with Crippen molar-refractivity contribution < 1.29 is 9.84 Å². The van der Waals surface area contributed by atoms with Gasteiger partial charge in [0.2, 0.25) is 0 Å². The molecule has 0 bridgehead atoms. The van der Waals surface area contributed by atoms with Gasteiger partial charge in [0.15, 0.2) is 5.96 Å². The van der Waals surface area contributed by atoms with E-state index in [9.17, 15) is 5.11 Å². The van der Waals surface area contributed by atoms with Crippen molar-refractivity contribution in [3.05, 3.63) is 0 Å². The summed E-state index contributed by atoms with van der Waals surface area (Å²) < 4.78 is 5.49. The molecule has 0 aromatic carbocycles. The first kappa shape index (κ1) is 17.2. The molecule has 1 unspecified atom stereocenters. The molecule has 1 aliphatic rings. The van der Waals surface area contributed by atoms with Gasteiger partial charge < -0.3 is 20.5 Å². The summed E-state index contributed by atoms with van der Waals surface area (Å²) in [4.78, 5) is 4.25. The summed E-state index contributed by atoms with van der Waals surface area (Å²) in [7, 11) is 1.79. The summed E-state index contributed by atoms with van der Waals surface area (Å²) in [5, 5.41) is 15.9. The van der Waals surface area contributed by atoms with Crippen molar-refractivity contribution in [2.75, 3.05) is 40.0 Å². The number of rotatable bonds is 8. The van der Waals surface area contributed by atoms with Crippen molar-refractivity contribution in [3.63, 3.8) is 0 Å². The molecule has 1 atom stereocenters. The van der Waals surface area contributed by atoms with Gasteiger partial charge >= 0.3 is 0 Å². The van der Waals surface area contributed by atoms with E-state index in [4.69, 9.17) is 4.74 Å². The molecule has 0 amide bonds. The van der Waals surface area contributed by atoms with Crippen LogP contribution >= 0.6 is 0 Å². The van der Waals surface area contributed by atoms with Crippen LogP contribution in [-0.4, -0.2) is 51.0 Å². The van der Waals surface area contributed by atoms with E-state index in [1.807, 2.05) is 0 Å². The third-order valence-corrected chi connectivity index (χ3v) is 3.93. The van der Waals surface area contributed by atoms with E-state index < -0.39 is 0 Å². The number of aliphatic imine (C=N–C) groups is 1. The van der Waals surface area contributed by atoms with Gasteiger partial charge in [-0.05, 0) is 31.6 Å². The molecule has 0 radical (unpaired) electrons. The topological polar surface area (TPSA) is 65.9 Å². The number of nitrogens with one attached hydrogen (secondary N) is 2. The molecule has 0 aliphatic carbocycles. The second kappa shape index (κ2) is 9.19. The lowest BCUT2D eigenvalue weighted by Crippen LogP contribution is -2.44. The number of aliphatic hydroxyl groups is 1. The average Bonchev–Trinajstić information content (AvgIpc) is 2.87. The maximum absolute atomic E-state index is 9.21. The van der Waals surface area contributed by atoms with Crippen molar-refractivity contribution in [3.8, 4) is 0 Å². The van der Waals surface area contributed by atoms with Crippen molar-refractivity contribution >= 4 is 5.96 Å². The molecule has 1 fully saturated rings. The Bertz CT molecular complexity index is 287. The van der Waals surface area contributed by atoms with E-state index in [0.29, 0.717) is 0 Å². The third kappa shape index (κ3) is 6.09. The Morgan fingerprint density at radius 1 is 1.40 bits per heavy atom. The van der Waals surface area contributed by atoms with Crippen LogP contribution < -0.4 is 10.6 Å². The SMILES string of the molecule is CN=C(NCCCC(C)C)NCC1(CCO)CCOC1. The lowest BCUT2D eigenvalue weighted by Gasteiger charge is -2.27. The number of guanidine groups is 1. The molecule has 118 valence electrons. The molecule has 1 heterocycles. The molecule has 0 aromatic rings. The third-order valence-electron chi connectivity index (χ3n) is 3.93. The molecule has 0 aromatic heterocycles. The molecule has 1 aliphatic heterocycles. The van der Waals surface area contributed by atoms with Crippen LogP contribution in [0.15, 0.2) is 4.99 Å². The first-order valence-corrected chi connectivity index (χ1v) is 7.75. The Morgan fingerprint density at radius 3 is 2.75 bits per heavy atom. The fraction of sp³-hybridized carbons (Fsp3) is 0.933. The summed E-state index contributed by atoms with van der Waals surface area (Å²) in [5.74, 6) is 1.59. The average molecular weight is 285 g/mol. The zero-order valence-electron chi connectivity index (χ0n) is 13.2. The standard InChI is InChI=1S/C15H31N3O2/c1-13(2)5-4-8-17-14(16-3)18-11-15(6-9-19)7-10-20-12-15/h13,19H,4-12H2,1-3H3,(H2,16,17,18). The number of hydrogen-bond donors (Lipinski definition) is 3. The van der Waals surface area contributed by atoms with Crippen LogP contribution in [0.25, 0.3) is 0 Å². The molecule has 0 spiro atoms. The molecule has 3 N–H and O–H groups in total. The van der Waals surface area contributed by atoms with Crippen molar-refractivity contribution in [2.45, 2.75) is 39.5 Å². The minimum absolute atomic E-state index is 0.0598. The van der Waals surface area contributed by atoms with Crippen LogP contribution in [-0.2, 0) is 4.74 Å². The van der Waals surface area contributed by atoms with Crippen LogP contribution in [0.5, 0.6) is 0 Å². The normalized spacial score (nSPS) is 23.4. The van der Waals surface area contributed by atoms with Gasteiger partial charge in [0.25, 0.3) is 0 Å². The van der Waals surface area contributed by atoms with Crippen LogP contribution in [0, 0.1) is 11.3 Å². The summed E-state index contributed by atoms with van der Waals surface area (Å²) in [6, 6.07) is 0. The van der Waals surface area contributed by atoms with Gasteiger partial charge in [-0.2, -0.15) is 0 Å². The zero-order chi connectivity index (χ0) is 14.8. The second-order valence-corrected chi connectivity index (χ2v) is 6.16. The summed E-state index contributed by atoms with van der Waals surface area (Å²) in [6.45, 7) is 7.97. The predicted octanol–water partition coefficient (Wildman–Crippen LogP) is 1.38. The van der Waals surface area contributed by atoms with Crippen molar-refractivity contribution in [1.82, 2.24) is 10.6 Å². The maximum Gasteiger partial charge on any atom is 0.190 e. The number of nitrogens with zero attached hydrogens (tertiary/aromatic N) is 1. The van der Waals surface area contributed by atoms with E-state index in [1.54, 1.807) is 7.05 Å². The fourth-order valence-corrected chi connectivity index (χ4v) is 2.52. The lowest BCUT2D eigenvalue weighted by atomic mass is 9.84. The van der Waals surface area contributed by atoms with Crippen molar-refractivity contribution in [1.29, 1.82) is 0 Å². The Balaban J connectivity index is 2.29. The van der Waals surface area contributed by atoms with Crippen molar-refractivity contribution in [2.24, 2.45) is 16.3 Å². The van der Waals surface area contributed by atoms with E-state index in [0.717, 1.165) is 57.4 Å². The van der Waals surface area contributed by atoms with E-state index in [-0.39, 0.29) is 12.0 Å². The number of hydrogen-bond acceptors (Lipinski definition) is 3. The Kier molecular flexibility index (Phi) is 7.92. The second-order valence-electron chi connectivity index (χ2n) is 6.16. The minimum atomic E-state index is 0.0598. The van der Waals surface area contributed by atoms with Crippen LogP contribution in [0.3, 0.4) is 0 Å². The van der Waals surface area contributed by atoms with Gasteiger partial charge in [0.1, 0.15) is 0 Å². The molecule has 1 rings (SSSR count). The smallest absolute Gasteiger partial charge is 0.190 e. The van der Waals surface area contributed by atoms with E-state index in [1.165, 1.54) is 6.42 Å².